The van der Waals surface area contributed by atoms with E-state index in [0.29, 0.717) is 34.5 Å². The van der Waals surface area contributed by atoms with E-state index in [0.717, 1.165) is 16.4 Å². The quantitative estimate of drug-likeness (QED) is 0.493. The first-order chi connectivity index (χ1) is 12.6. The lowest BCUT2D eigenvalue weighted by Gasteiger charge is -2.20. The zero-order chi connectivity index (χ0) is 18.1. The van der Waals surface area contributed by atoms with Gasteiger partial charge in [0.05, 0.1) is 17.1 Å². The summed E-state index contributed by atoms with van der Waals surface area (Å²) in [5, 5.41) is 8.75. The van der Waals surface area contributed by atoms with Crippen molar-refractivity contribution in [1.29, 1.82) is 0 Å². The van der Waals surface area contributed by atoms with E-state index in [2.05, 4.69) is 32.8 Å². The van der Waals surface area contributed by atoms with Gasteiger partial charge in [0, 0.05) is 15.2 Å². The van der Waals surface area contributed by atoms with Gasteiger partial charge in [-0.05, 0) is 65.8 Å². The lowest BCUT2D eigenvalue weighted by atomic mass is 10.2. The number of rotatable bonds is 5. The first kappa shape index (κ1) is 17.5. The molecule has 1 aromatic heterocycles. The largest absolute Gasteiger partial charge is 0.419 e. The molecule has 1 saturated carbocycles. The van der Waals surface area contributed by atoms with Crippen LogP contribution in [0.25, 0.3) is 11.5 Å². The maximum Gasteiger partial charge on any atom is 0.254 e. The van der Waals surface area contributed by atoms with Crippen molar-refractivity contribution in [2.45, 2.75) is 25.4 Å². The molecule has 0 radical (unpaired) electrons. The van der Waals surface area contributed by atoms with Crippen LogP contribution in [0, 0.1) is 3.57 Å². The van der Waals surface area contributed by atoms with E-state index >= 15 is 0 Å². The maximum atomic E-state index is 12.9. The number of carbonyl (C=O) groups excluding carboxylic acids is 1. The number of hydrogen-bond donors (Lipinski definition) is 0. The molecule has 3 aromatic rings. The van der Waals surface area contributed by atoms with Gasteiger partial charge in [0.25, 0.3) is 5.91 Å². The van der Waals surface area contributed by atoms with Gasteiger partial charge in [-0.25, -0.2) is 0 Å². The topological polar surface area (TPSA) is 59.2 Å². The molecule has 1 heterocycles. The van der Waals surface area contributed by atoms with E-state index in [1.165, 1.54) is 0 Å². The SMILES string of the molecule is O=C(c1cccc(I)c1)N(Cc1nnc(-c2ccccc2Cl)o1)C1CC1. The Bertz CT molecular complexity index is 955. The number of halogens is 2. The lowest BCUT2D eigenvalue weighted by Crippen LogP contribution is -2.32. The molecule has 0 aliphatic heterocycles. The Balaban J connectivity index is 1.57. The number of aromatic nitrogens is 2. The molecule has 0 spiro atoms. The monoisotopic (exact) mass is 479 g/mol. The molecule has 0 saturated heterocycles. The maximum absolute atomic E-state index is 12.9. The van der Waals surface area contributed by atoms with Crippen LogP contribution in [0.15, 0.2) is 52.9 Å². The Morgan fingerprint density at radius 2 is 2.00 bits per heavy atom. The molecule has 1 fully saturated rings. The molecular formula is C19H15ClIN3O2. The van der Waals surface area contributed by atoms with E-state index in [9.17, 15) is 4.79 Å². The van der Waals surface area contributed by atoms with Gasteiger partial charge < -0.3 is 9.32 Å². The summed E-state index contributed by atoms with van der Waals surface area (Å²) >= 11 is 8.39. The van der Waals surface area contributed by atoms with Crippen LogP contribution >= 0.6 is 34.2 Å². The van der Waals surface area contributed by atoms with Crippen molar-refractivity contribution in [3.63, 3.8) is 0 Å². The van der Waals surface area contributed by atoms with Crippen molar-refractivity contribution >= 4 is 40.1 Å². The average Bonchev–Trinajstić information content (AvgIpc) is 3.38. The molecule has 132 valence electrons. The number of carbonyl (C=O) groups is 1. The van der Waals surface area contributed by atoms with Gasteiger partial charge in [-0.1, -0.05) is 29.8 Å². The molecule has 26 heavy (non-hydrogen) atoms. The van der Waals surface area contributed by atoms with Crippen molar-refractivity contribution in [2.75, 3.05) is 0 Å². The lowest BCUT2D eigenvalue weighted by molar-refractivity contribution is 0.0714. The third kappa shape index (κ3) is 3.76. The summed E-state index contributed by atoms with van der Waals surface area (Å²) in [7, 11) is 0. The van der Waals surface area contributed by atoms with Gasteiger partial charge in [0.15, 0.2) is 0 Å². The zero-order valence-corrected chi connectivity index (χ0v) is 16.6. The van der Waals surface area contributed by atoms with Crippen LogP contribution in [0.2, 0.25) is 5.02 Å². The van der Waals surface area contributed by atoms with Crippen molar-refractivity contribution in [3.8, 4) is 11.5 Å². The second-order valence-corrected chi connectivity index (χ2v) is 7.81. The Labute approximate surface area is 169 Å². The summed E-state index contributed by atoms with van der Waals surface area (Å²) in [6.07, 6.45) is 2.00. The van der Waals surface area contributed by atoms with Crippen LogP contribution in [0.5, 0.6) is 0 Å². The number of benzene rings is 2. The van der Waals surface area contributed by atoms with E-state index in [-0.39, 0.29) is 11.9 Å². The van der Waals surface area contributed by atoms with Crippen LogP contribution in [-0.2, 0) is 6.54 Å². The summed E-state index contributed by atoms with van der Waals surface area (Å²) in [4.78, 5) is 14.7. The molecule has 4 rings (SSSR count). The van der Waals surface area contributed by atoms with Crippen LogP contribution in [0.3, 0.4) is 0 Å². The highest BCUT2D eigenvalue weighted by molar-refractivity contribution is 14.1. The van der Waals surface area contributed by atoms with Crippen LogP contribution in [0.1, 0.15) is 29.1 Å². The van der Waals surface area contributed by atoms with Crippen molar-refractivity contribution in [3.05, 3.63) is 68.6 Å². The summed E-state index contributed by atoms with van der Waals surface area (Å²) in [6, 6.07) is 15.1. The average molecular weight is 480 g/mol. The molecule has 5 nitrogen and oxygen atoms in total. The molecule has 0 unspecified atom stereocenters. The highest BCUT2D eigenvalue weighted by atomic mass is 127. The predicted octanol–water partition coefficient (Wildman–Crippen LogP) is 4.80. The van der Waals surface area contributed by atoms with Crippen molar-refractivity contribution < 1.29 is 9.21 Å². The molecule has 0 N–H and O–H groups in total. The van der Waals surface area contributed by atoms with Gasteiger partial charge in [0.2, 0.25) is 11.8 Å². The first-order valence-corrected chi connectivity index (χ1v) is 9.71. The fourth-order valence-corrected chi connectivity index (χ4v) is 3.51. The smallest absolute Gasteiger partial charge is 0.254 e. The summed E-state index contributed by atoms with van der Waals surface area (Å²) in [6.45, 7) is 0.298. The van der Waals surface area contributed by atoms with E-state index < -0.39 is 0 Å². The fourth-order valence-electron chi connectivity index (χ4n) is 2.75. The molecule has 0 bridgehead atoms. The third-order valence-electron chi connectivity index (χ3n) is 4.20. The third-order valence-corrected chi connectivity index (χ3v) is 5.20. The van der Waals surface area contributed by atoms with Gasteiger partial charge in [-0.15, -0.1) is 10.2 Å². The molecule has 7 heteroatoms. The van der Waals surface area contributed by atoms with Gasteiger partial charge in [-0.3, -0.25) is 4.79 Å². The second kappa shape index (κ2) is 7.36. The molecule has 1 aliphatic rings. The molecule has 1 amide bonds. The van der Waals surface area contributed by atoms with Crippen LogP contribution < -0.4 is 0 Å². The summed E-state index contributed by atoms with van der Waals surface area (Å²) in [5.74, 6) is 0.761. The predicted molar refractivity (Wildman–Crippen MR) is 107 cm³/mol. The number of nitrogens with zero attached hydrogens (tertiary/aromatic N) is 3. The number of hydrogen-bond acceptors (Lipinski definition) is 4. The number of amides is 1. The minimum absolute atomic E-state index is 0.0106. The second-order valence-electron chi connectivity index (χ2n) is 6.16. The Kier molecular flexibility index (Phi) is 4.95. The van der Waals surface area contributed by atoms with Crippen LogP contribution in [-0.4, -0.2) is 27.0 Å². The highest BCUT2D eigenvalue weighted by Crippen LogP contribution is 2.31. The Hall–Kier alpha value is -1.93. The standard InChI is InChI=1S/C19H15ClIN3O2/c20-16-7-2-1-6-15(16)18-23-22-17(26-18)11-24(14-8-9-14)19(25)12-4-3-5-13(21)10-12/h1-7,10,14H,8-9,11H2. The minimum Gasteiger partial charge on any atom is -0.419 e. The molecule has 2 aromatic carbocycles. The minimum atomic E-state index is -0.0106. The summed E-state index contributed by atoms with van der Waals surface area (Å²) < 4.78 is 6.80. The molecule has 1 aliphatic carbocycles. The molecular weight excluding hydrogens is 465 g/mol. The molecule has 0 atom stereocenters. The van der Waals surface area contributed by atoms with E-state index in [4.69, 9.17) is 16.0 Å². The fraction of sp³-hybridized carbons (Fsp3) is 0.211. The summed E-state index contributed by atoms with van der Waals surface area (Å²) in [5.41, 5.74) is 1.37. The highest BCUT2D eigenvalue weighted by Gasteiger charge is 2.34. The van der Waals surface area contributed by atoms with Gasteiger partial charge in [0.1, 0.15) is 0 Å². The Morgan fingerprint density at radius 3 is 2.73 bits per heavy atom. The van der Waals surface area contributed by atoms with Crippen molar-refractivity contribution in [2.24, 2.45) is 0 Å². The van der Waals surface area contributed by atoms with Crippen molar-refractivity contribution in [1.82, 2.24) is 15.1 Å². The zero-order valence-electron chi connectivity index (χ0n) is 13.7. The van der Waals surface area contributed by atoms with Gasteiger partial charge in [-0.2, -0.15) is 0 Å². The normalized spacial score (nSPS) is 13.6. The Morgan fingerprint density at radius 1 is 1.19 bits per heavy atom. The van der Waals surface area contributed by atoms with Gasteiger partial charge >= 0.3 is 0 Å². The first-order valence-electron chi connectivity index (χ1n) is 8.25. The van der Waals surface area contributed by atoms with E-state index in [1.54, 1.807) is 6.07 Å². The van der Waals surface area contributed by atoms with E-state index in [1.807, 2.05) is 47.4 Å². The van der Waals surface area contributed by atoms with Crippen LogP contribution in [0.4, 0.5) is 0 Å².